The Morgan fingerprint density at radius 3 is 1.41 bits per heavy atom. The minimum Gasteiger partial charge on any atom is -0.394 e. The predicted molar refractivity (Wildman–Crippen MR) is 188 cm³/mol. The van der Waals surface area contributed by atoms with Crippen LogP contribution in [0.5, 0.6) is 0 Å². The number of nitrogens with one attached hydrogen (secondary N) is 2. The van der Waals surface area contributed by atoms with Gasteiger partial charge in [0.25, 0.3) is 0 Å². The van der Waals surface area contributed by atoms with Gasteiger partial charge in [0.15, 0.2) is 31.5 Å². The average molecular weight is 895 g/mol. The van der Waals surface area contributed by atoms with Crippen molar-refractivity contribution in [1.82, 2.24) is 10.6 Å². The Morgan fingerprint density at radius 1 is 0.426 bits per heavy atom. The van der Waals surface area contributed by atoms with Gasteiger partial charge < -0.3 is 125 Å². The van der Waals surface area contributed by atoms with Gasteiger partial charge >= 0.3 is 0 Å². The third-order valence-corrected chi connectivity index (χ3v) is 11.1. The summed E-state index contributed by atoms with van der Waals surface area (Å²) in [6, 6.07) is -3.26. The Kier molecular flexibility index (Phi) is 17.5. The fourth-order valence-corrected chi connectivity index (χ4v) is 7.76. The van der Waals surface area contributed by atoms with Crippen molar-refractivity contribution in [3.63, 3.8) is 0 Å². The van der Waals surface area contributed by atoms with Crippen LogP contribution in [0.2, 0.25) is 0 Å². The van der Waals surface area contributed by atoms with E-state index in [4.69, 9.17) is 42.6 Å². The van der Waals surface area contributed by atoms with Gasteiger partial charge in [-0.1, -0.05) is 0 Å². The third kappa shape index (κ3) is 10.8. The third-order valence-electron chi connectivity index (χ3n) is 11.1. The molecule has 61 heavy (non-hydrogen) atoms. The van der Waals surface area contributed by atoms with Gasteiger partial charge in [-0.3, -0.25) is 9.59 Å². The highest BCUT2D eigenvalue weighted by molar-refractivity contribution is 5.73. The van der Waals surface area contributed by atoms with Crippen LogP contribution in [0.15, 0.2) is 0 Å². The van der Waals surface area contributed by atoms with Crippen molar-refractivity contribution >= 4 is 11.8 Å². The molecule has 2 amide bonds. The van der Waals surface area contributed by atoms with Crippen LogP contribution in [0.25, 0.3) is 0 Å². The minimum atomic E-state index is -2.13. The van der Waals surface area contributed by atoms with E-state index in [0.29, 0.717) is 0 Å². The van der Waals surface area contributed by atoms with Crippen LogP contribution in [-0.4, -0.2) is 263 Å². The zero-order valence-electron chi connectivity index (χ0n) is 33.0. The van der Waals surface area contributed by atoms with Crippen molar-refractivity contribution in [2.24, 2.45) is 0 Å². The highest BCUT2D eigenvalue weighted by atomic mass is 16.8. The van der Waals surface area contributed by atoms with Gasteiger partial charge in [0.05, 0.1) is 32.5 Å². The zero-order chi connectivity index (χ0) is 45.2. The Bertz CT molecular complexity index is 1420. The number of carbonyl (C=O) groups is 2. The second-order valence-corrected chi connectivity index (χ2v) is 15.4. The lowest BCUT2D eigenvalue weighted by atomic mass is 9.94. The summed E-state index contributed by atoms with van der Waals surface area (Å²) >= 11 is 0. The zero-order valence-corrected chi connectivity index (χ0v) is 33.0. The first-order valence-electron chi connectivity index (χ1n) is 19.5. The molecule has 5 fully saturated rings. The summed E-state index contributed by atoms with van der Waals surface area (Å²) in [5.74, 6) is -1.53. The Hall–Kier alpha value is -1.98. The predicted octanol–water partition coefficient (Wildman–Crippen LogP) is -10.6. The van der Waals surface area contributed by atoms with Gasteiger partial charge in [-0.15, -0.1) is 0 Å². The summed E-state index contributed by atoms with van der Waals surface area (Å²) in [4.78, 5) is 24.6. The molecule has 5 aliphatic rings. The fourth-order valence-electron chi connectivity index (χ4n) is 7.76. The maximum atomic E-state index is 12.4. The summed E-state index contributed by atoms with van der Waals surface area (Å²) < 4.78 is 51.7. The monoisotopic (exact) mass is 894 g/mol. The number of ether oxygens (including phenoxy) is 9. The van der Waals surface area contributed by atoms with E-state index in [1.165, 1.54) is 6.92 Å². The van der Waals surface area contributed by atoms with E-state index < -0.39 is 192 Å². The van der Waals surface area contributed by atoms with Gasteiger partial charge in [0.2, 0.25) is 11.8 Å². The largest absolute Gasteiger partial charge is 0.394 e. The molecule has 0 spiro atoms. The van der Waals surface area contributed by atoms with Gasteiger partial charge in [-0.2, -0.15) is 0 Å². The van der Waals surface area contributed by atoms with Gasteiger partial charge in [-0.05, 0) is 6.92 Å². The van der Waals surface area contributed by atoms with E-state index in [1.54, 1.807) is 0 Å². The fraction of sp³-hybridized carbons (Fsp3) is 0.941. The van der Waals surface area contributed by atoms with Crippen LogP contribution in [0.1, 0.15) is 20.8 Å². The molecule has 5 rings (SSSR count). The van der Waals surface area contributed by atoms with Crippen molar-refractivity contribution in [3.8, 4) is 0 Å². The van der Waals surface area contributed by atoms with Gasteiger partial charge in [0, 0.05) is 13.8 Å². The molecule has 27 heteroatoms. The molecule has 0 radical (unpaired) electrons. The second-order valence-electron chi connectivity index (χ2n) is 15.4. The second kappa shape index (κ2) is 21.3. The molecule has 5 heterocycles. The molecule has 25 atom stereocenters. The summed E-state index contributed by atoms with van der Waals surface area (Å²) in [6.07, 6.45) is -41.3. The van der Waals surface area contributed by atoms with E-state index in [0.717, 1.165) is 13.8 Å². The number of hydrogen-bond acceptors (Lipinski definition) is 25. The van der Waals surface area contributed by atoms with Crippen LogP contribution < -0.4 is 10.6 Å². The van der Waals surface area contributed by atoms with Crippen molar-refractivity contribution < 1.29 is 124 Å². The van der Waals surface area contributed by atoms with Crippen LogP contribution in [-0.2, 0) is 52.2 Å². The van der Waals surface area contributed by atoms with Crippen molar-refractivity contribution in [2.45, 2.75) is 174 Å². The smallest absolute Gasteiger partial charge is 0.217 e. The molecule has 0 saturated carbocycles. The van der Waals surface area contributed by atoms with Crippen LogP contribution in [0.4, 0.5) is 0 Å². The summed E-state index contributed by atoms with van der Waals surface area (Å²) in [6.45, 7) is -0.252. The SMILES string of the molecule is CC(=O)N[C@@H]1[C@@H](OC2O[C@H](CO)[C@H](OC3O[C@H](CO)[C@@H](OC4O[C@H](CO)[C@@H](O)[C@H](O)[C@H]4O)[C@H](O)[C@H]3NC(C)=O)[C@H](O)[C@H]2OC2O[C@@H](C)[C@@H](O)[C@@H](O)[C@@H]2O)[C@@H](O)[C@@H](CO)O[C@@H]1O. The number of aliphatic hydroxyl groups excluding tert-OH is 14. The van der Waals surface area contributed by atoms with Gasteiger partial charge in [0.1, 0.15) is 116 Å². The molecular weight excluding hydrogens is 836 g/mol. The highest BCUT2D eigenvalue weighted by Crippen LogP contribution is 2.36. The van der Waals surface area contributed by atoms with Crippen LogP contribution >= 0.6 is 0 Å². The van der Waals surface area contributed by atoms with E-state index in [-0.39, 0.29) is 0 Å². The number of amides is 2. The first-order valence-corrected chi connectivity index (χ1v) is 19.5. The molecule has 0 aromatic heterocycles. The number of rotatable bonds is 14. The normalized spacial score (nSPS) is 49.6. The molecule has 4 unspecified atom stereocenters. The number of carbonyl (C=O) groups excluding carboxylic acids is 2. The summed E-state index contributed by atoms with van der Waals surface area (Å²) in [7, 11) is 0. The van der Waals surface area contributed by atoms with Crippen LogP contribution in [0, 0.1) is 0 Å². The first kappa shape index (κ1) is 50.0. The molecule has 16 N–H and O–H groups in total. The molecule has 27 nitrogen and oxygen atoms in total. The van der Waals surface area contributed by atoms with E-state index in [1.807, 2.05) is 0 Å². The molecular formula is C34H58N2O25. The Labute approximate surface area is 346 Å². The van der Waals surface area contributed by atoms with Crippen molar-refractivity contribution in [3.05, 3.63) is 0 Å². The summed E-state index contributed by atoms with van der Waals surface area (Å²) in [5, 5.41) is 153. The van der Waals surface area contributed by atoms with E-state index in [9.17, 15) is 81.1 Å². The molecule has 0 aromatic rings. The number of aliphatic hydroxyl groups is 14. The highest BCUT2D eigenvalue weighted by Gasteiger charge is 2.57. The minimum absolute atomic E-state index is 0.735. The van der Waals surface area contributed by atoms with Crippen molar-refractivity contribution in [1.29, 1.82) is 0 Å². The molecule has 0 aliphatic carbocycles. The molecule has 5 saturated heterocycles. The quantitative estimate of drug-likeness (QED) is 0.0770. The number of hydrogen-bond donors (Lipinski definition) is 16. The molecule has 0 bridgehead atoms. The lowest BCUT2D eigenvalue weighted by molar-refractivity contribution is -0.396. The standard InChI is InChI=1S/C34H58N2O25/c1-8-17(43)21(47)23(49)32(53-8)61-29-25(51)27(14(7-40)57-34(29)60-28-16(36-10(3)42)30(52)54-12(5-38)19(28)45)58-31-15(35-9(2)41)20(46)26(13(6-39)56-31)59-33-24(50)22(48)18(44)11(4-37)55-33/h8,11-34,37-40,43-52H,4-7H2,1-3H3,(H,35,41)(H,36,42)/t8-,11+,12+,13+,14+,15+,16+,17+,18+,19-,20+,21+,22-,23-,24+,25-,26+,27-,28+,29+,30-,31?,32?,33?,34?/m0/s1. The Balaban J connectivity index is 1.46. The topological polar surface area (TPSA) is 424 Å². The maximum absolute atomic E-state index is 12.4. The van der Waals surface area contributed by atoms with E-state index in [2.05, 4.69) is 10.6 Å². The first-order chi connectivity index (χ1) is 28.8. The van der Waals surface area contributed by atoms with Crippen LogP contribution in [0.3, 0.4) is 0 Å². The van der Waals surface area contributed by atoms with E-state index >= 15 is 0 Å². The van der Waals surface area contributed by atoms with Crippen molar-refractivity contribution in [2.75, 3.05) is 26.4 Å². The molecule has 5 aliphatic heterocycles. The average Bonchev–Trinajstić information content (AvgIpc) is 3.22. The summed E-state index contributed by atoms with van der Waals surface area (Å²) in [5.41, 5.74) is 0. The maximum Gasteiger partial charge on any atom is 0.217 e. The molecule has 0 aromatic carbocycles. The van der Waals surface area contributed by atoms with Gasteiger partial charge in [-0.25, -0.2) is 0 Å². The Morgan fingerprint density at radius 2 is 0.852 bits per heavy atom. The molecule has 354 valence electrons. The lowest BCUT2D eigenvalue weighted by Gasteiger charge is -2.51. The lowest BCUT2D eigenvalue weighted by Crippen LogP contribution is -2.71.